The predicted octanol–water partition coefficient (Wildman–Crippen LogP) is 1.56. The Balaban J connectivity index is 1.91. The van der Waals surface area contributed by atoms with Gasteiger partial charge in [0.2, 0.25) is 5.91 Å². The van der Waals surface area contributed by atoms with E-state index in [4.69, 9.17) is 4.74 Å². The predicted molar refractivity (Wildman–Crippen MR) is 91.5 cm³/mol. The normalized spacial score (nSPS) is 10.5. The summed E-state index contributed by atoms with van der Waals surface area (Å²) in [6.07, 6.45) is 0. The summed E-state index contributed by atoms with van der Waals surface area (Å²) >= 11 is 1.26. The Labute approximate surface area is 144 Å². The van der Waals surface area contributed by atoms with Gasteiger partial charge < -0.3 is 14.6 Å². The quantitative estimate of drug-likeness (QED) is 0.604. The van der Waals surface area contributed by atoms with Crippen LogP contribution in [0.15, 0.2) is 29.4 Å². The average Bonchev–Trinajstić information content (AvgIpc) is 2.93. The van der Waals surface area contributed by atoms with Crippen molar-refractivity contribution in [1.29, 1.82) is 0 Å². The molecule has 0 radical (unpaired) electrons. The van der Waals surface area contributed by atoms with Crippen LogP contribution in [0, 0.1) is 6.92 Å². The van der Waals surface area contributed by atoms with E-state index in [-0.39, 0.29) is 18.2 Å². The number of aryl methyl sites for hydroxylation is 1. The molecule has 24 heavy (non-hydrogen) atoms. The van der Waals surface area contributed by atoms with Crippen LogP contribution in [-0.2, 0) is 21.4 Å². The molecule has 8 heteroatoms. The van der Waals surface area contributed by atoms with Crippen molar-refractivity contribution >= 4 is 23.6 Å². The lowest BCUT2D eigenvalue weighted by Gasteiger charge is -2.05. The number of aromatic nitrogens is 3. The first-order chi connectivity index (χ1) is 11.5. The molecule has 1 N–H and O–H groups in total. The van der Waals surface area contributed by atoms with Gasteiger partial charge in [-0.05, 0) is 13.8 Å². The number of nitrogens with zero attached hydrogens (tertiary/aromatic N) is 3. The highest BCUT2D eigenvalue weighted by Gasteiger charge is 2.13. The van der Waals surface area contributed by atoms with Gasteiger partial charge in [0.25, 0.3) is 0 Å². The van der Waals surface area contributed by atoms with Crippen molar-refractivity contribution in [3.05, 3.63) is 29.8 Å². The lowest BCUT2D eigenvalue weighted by atomic mass is 10.1. The number of ether oxygens (including phenoxy) is 1. The van der Waals surface area contributed by atoms with Crippen LogP contribution in [0.1, 0.15) is 12.5 Å². The van der Waals surface area contributed by atoms with Crippen LogP contribution in [0.3, 0.4) is 0 Å². The molecule has 2 rings (SSSR count). The monoisotopic (exact) mass is 348 g/mol. The zero-order valence-electron chi connectivity index (χ0n) is 13.9. The SMILES string of the molecule is CCOC(=O)CNC(=O)CSc1nnc(-c2ccc(C)cc2)n1C. The summed E-state index contributed by atoms with van der Waals surface area (Å²) in [4.78, 5) is 22.9. The van der Waals surface area contributed by atoms with E-state index in [1.807, 2.05) is 42.8 Å². The second kappa shape index (κ2) is 8.49. The number of thioether (sulfide) groups is 1. The maximum absolute atomic E-state index is 11.8. The molecule has 1 aromatic heterocycles. The molecule has 0 aliphatic carbocycles. The first-order valence-electron chi connectivity index (χ1n) is 7.52. The van der Waals surface area contributed by atoms with Gasteiger partial charge in [-0.15, -0.1) is 10.2 Å². The van der Waals surface area contributed by atoms with Crippen LogP contribution in [0.25, 0.3) is 11.4 Å². The fraction of sp³-hybridized carbons (Fsp3) is 0.375. The molecular weight excluding hydrogens is 328 g/mol. The summed E-state index contributed by atoms with van der Waals surface area (Å²) in [6, 6.07) is 8.00. The number of esters is 1. The lowest BCUT2D eigenvalue weighted by Crippen LogP contribution is -2.31. The molecule has 1 aromatic carbocycles. The zero-order chi connectivity index (χ0) is 17.5. The van der Waals surface area contributed by atoms with Gasteiger partial charge in [0.05, 0.1) is 12.4 Å². The molecular formula is C16H20N4O3S. The van der Waals surface area contributed by atoms with Crippen LogP contribution >= 0.6 is 11.8 Å². The van der Waals surface area contributed by atoms with Gasteiger partial charge in [-0.3, -0.25) is 9.59 Å². The van der Waals surface area contributed by atoms with E-state index >= 15 is 0 Å². The van der Waals surface area contributed by atoms with Crippen LogP contribution in [0.4, 0.5) is 0 Å². The van der Waals surface area contributed by atoms with Crippen LogP contribution in [0.2, 0.25) is 0 Å². The topological polar surface area (TPSA) is 86.1 Å². The van der Waals surface area contributed by atoms with Gasteiger partial charge in [-0.1, -0.05) is 41.6 Å². The van der Waals surface area contributed by atoms with Gasteiger partial charge in [0.15, 0.2) is 11.0 Å². The minimum Gasteiger partial charge on any atom is -0.465 e. The number of benzene rings is 1. The van der Waals surface area contributed by atoms with E-state index in [2.05, 4.69) is 15.5 Å². The summed E-state index contributed by atoms with van der Waals surface area (Å²) in [5.41, 5.74) is 2.14. The maximum Gasteiger partial charge on any atom is 0.325 e. The number of nitrogens with one attached hydrogen (secondary N) is 1. The lowest BCUT2D eigenvalue weighted by molar-refractivity contribution is -0.143. The second-order valence-electron chi connectivity index (χ2n) is 5.10. The molecule has 0 spiro atoms. The number of carbonyl (C=O) groups excluding carboxylic acids is 2. The van der Waals surface area contributed by atoms with Crippen molar-refractivity contribution < 1.29 is 14.3 Å². The first-order valence-corrected chi connectivity index (χ1v) is 8.51. The molecule has 0 unspecified atom stereocenters. The third kappa shape index (κ3) is 4.82. The molecule has 0 aliphatic heterocycles. The highest BCUT2D eigenvalue weighted by atomic mass is 32.2. The number of hydrogen-bond donors (Lipinski definition) is 1. The maximum atomic E-state index is 11.8. The van der Waals surface area contributed by atoms with Crippen molar-refractivity contribution in [3.63, 3.8) is 0 Å². The largest absolute Gasteiger partial charge is 0.465 e. The second-order valence-corrected chi connectivity index (χ2v) is 6.04. The summed E-state index contributed by atoms with van der Waals surface area (Å²) in [7, 11) is 1.86. The van der Waals surface area contributed by atoms with Crippen molar-refractivity contribution in [3.8, 4) is 11.4 Å². The number of amides is 1. The Morgan fingerprint density at radius 1 is 1.25 bits per heavy atom. The molecule has 1 heterocycles. The molecule has 128 valence electrons. The highest BCUT2D eigenvalue weighted by molar-refractivity contribution is 7.99. The Hall–Kier alpha value is -2.35. The van der Waals surface area contributed by atoms with Crippen molar-refractivity contribution in [2.75, 3.05) is 18.9 Å². The van der Waals surface area contributed by atoms with E-state index < -0.39 is 5.97 Å². The van der Waals surface area contributed by atoms with E-state index in [0.29, 0.717) is 11.8 Å². The molecule has 0 atom stereocenters. The minimum absolute atomic E-state index is 0.124. The van der Waals surface area contributed by atoms with E-state index in [0.717, 1.165) is 11.4 Å². The Morgan fingerprint density at radius 2 is 1.96 bits per heavy atom. The third-order valence-corrected chi connectivity index (χ3v) is 4.23. The molecule has 0 bridgehead atoms. The molecule has 2 aromatic rings. The third-order valence-electron chi connectivity index (χ3n) is 3.21. The smallest absolute Gasteiger partial charge is 0.325 e. The van der Waals surface area contributed by atoms with Gasteiger partial charge in [0, 0.05) is 12.6 Å². The molecule has 7 nitrogen and oxygen atoms in total. The number of rotatable bonds is 7. The fourth-order valence-corrected chi connectivity index (χ4v) is 2.70. The van der Waals surface area contributed by atoms with Gasteiger partial charge in [-0.25, -0.2) is 0 Å². The molecule has 1 amide bonds. The standard InChI is InChI=1S/C16H20N4O3S/c1-4-23-14(22)9-17-13(21)10-24-16-19-18-15(20(16)3)12-7-5-11(2)6-8-12/h5-8H,4,9-10H2,1-3H3,(H,17,21). The van der Waals surface area contributed by atoms with Crippen molar-refractivity contribution in [1.82, 2.24) is 20.1 Å². The van der Waals surface area contributed by atoms with E-state index in [9.17, 15) is 9.59 Å². The van der Waals surface area contributed by atoms with Crippen LogP contribution in [-0.4, -0.2) is 45.5 Å². The number of carbonyl (C=O) groups is 2. The molecule has 0 aliphatic rings. The molecule has 0 saturated heterocycles. The van der Waals surface area contributed by atoms with E-state index in [1.54, 1.807) is 6.92 Å². The summed E-state index contributed by atoms with van der Waals surface area (Å²) in [5.74, 6) is 0.188. The van der Waals surface area contributed by atoms with Gasteiger partial charge >= 0.3 is 5.97 Å². The molecule has 0 saturated carbocycles. The summed E-state index contributed by atoms with van der Waals surface area (Å²) < 4.78 is 6.59. The minimum atomic E-state index is -0.448. The summed E-state index contributed by atoms with van der Waals surface area (Å²) in [5, 5.41) is 11.4. The average molecular weight is 348 g/mol. The van der Waals surface area contributed by atoms with Crippen molar-refractivity contribution in [2.24, 2.45) is 7.05 Å². The Bertz CT molecular complexity index is 713. The molecule has 0 fully saturated rings. The van der Waals surface area contributed by atoms with Gasteiger partial charge in [0.1, 0.15) is 6.54 Å². The summed E-state index contributed by atoms with van der Waals surface area (Å²) in [6.45, 7) is 3.91. The number of hydrogen-bond acceptors (Lipinski definition) is 6. The highest BCUT2D eigenvalue weighted by Crippen LogP contribution is 2.22. The zero-order valence-corrected chi connectivity index (χ0v) is 14.7. The first kappa shape index (κ1) is 18.0. The van der Waals surface area contributed by atoms with Crippen LogP contribution < -0.4 is 5.32 Å². The van der Waals surface area contributed by atoms with E-state index in [1.165, 1.54) is 17.3 Å². The fourth-order valence-electron chi connectivity index (χ4n) is 1.96. The Morgan fingerprint density at radius 3 is 2.62 bits per heavy atom. The van der Waals surface area contributed by atoms with Crippen LogP contribution in [0.5, 0.6) is 0 Å². The van der Waals surface area contributed by atoms with Crippen molar-refractivity contribution in [2.45, 2.75) is 19.0 Å². The Kier molecular flexibility index (Phi) is 6.36. The van der Waals surface area contributed by atoms with Gasteiger partial charge in [-0.2, -0.15) is 0 Å².